The number of carboxylic acids is 1. The van der Waals surface area contributed by atoms with E-state index >= 15 is 0 Å². The van der Waals surface area contributed by atoms with Gasteiger partial charge < -0.3 is 10.4 Å². The van der Waals surface area contributed by atoms with E-state index in [0.29, 0.717) is 11.3 Å². The molecule has 0 aromatic carbocycles. The fraction of sp³-hybridized carbons (Fsp3) is 0.500. The van der Waals surface area contributed by atoms with E-state index in [1.807, 2.05) is 17.8 Å². The maximum atomic E-state index is 12.0. The molecule has 0 fully saturated rings. The number of fused-ring (bicyclic) bond motifs is 1. The number of carbonyl (C=O) groups excluding carboxylic acids is 1. The number of thioether (sulfide) groups is 1. The summed E-state index contributed by atoms with van der Waals surface area (Å²) >= 11 is 3.36. The fourth-order valence-corrected chi connectivity index (χ4v) is 4.10. The first kappa shape index (κ1) is 13.4. The minimum Gasteiger partial charge on any atom is -0.480 e. The minimum atomic E-state index is -0.984. The molecule has 2 heterocycles. The lowest BCUT2D eigenvalue weighted by atomic mass is 10.2. The highest BCUT2D eigenvalue weighted by molar-refractivity contribution is 7.98. The van der Waals surface area contributed by atoms with Crippen LogP contribution in [0.1, 0.15) is 33.5 Å². The van der Waals surface area contributed by atoms with Crippen molar-refractivity contribution in [2.45, 2.75) is 31.6 Å². The molecule has 0 saturated carbocycles. The molecule has 1 unspecified atom stereocenters. The normalized spacial score (nSPS) is 15.8. The van der Waals surface area contributed by atoms with Crippen molar-refractivity contribution in [3.63, 3.8) is 0 Å². The van der Waals surface area contributed by atoms with E-state index in [4.69, 9.17) is 5.11 Å². The molecular weight excluding hydrogens is 270 g/mol. The first-order chi connectivity index (χ1) is 8.61. The largest absolute Gasteiger partial charge is 0.480 e. The Balaban J connectivity index is 2.09. The third kappa shape index (κ3) is 2.87. The van der Waals surface area contributed by atoms with E-state index < -0.39 is 12.0 Å². The van der Waals surface area contributed by atoms with Gasteiger partial charge in [-0.05, 0) is 30.2 Å². The molecule has 4 nitrogen and oxygen atoms in total. The van der Waals surface area contributed by atoms with Gasteiger partial charge in [-0.1, -0.05) is 6.92 Å². The molecule has 0 spiro atoms. The molecule has 2 N–H and O–H groups in total. The van der Waals surface area contributed by atoms with Gasteiger partial charge in [0, 0.05) is 10.6 Å². The molecule has 18 heavy (non-hydrogen) atoms. The van der Waals surface area contributed by atoms with Crippen LogP contribution in [0.4, 0.5) is 0 Å². The average Bonchev–Trinajstić information content (AvgIpc) is 2.79. The van der Waals surface area contributed by atoms with Gasteiger partial charge in [0.15, 0.2) is 0 Å². The molecule has 6 heteroatoms. The highest BCUT2D eigenvalue weighted by Gasteiger charge is 2.22. The highest BCUT2D eigenvalue weighted by Crippen LogP contribution is 2.31. The fourth-order valence-electron chi connectivity index (χ4n) is 1.83. The second kappa shape index (κ2) is 5.75. The molecule has 1 aliphatic rings. The molecule has 98 valence electrons. The summed E-state index contributed by atoms with van der Waals surface area (Å²) in [6.07, 6.45) is 1.40. The van der Waals surface area contributed by atoms with E-state index in [2.05, 4.69) is 5.32 Å². The van der Waals surface area contributed by atoms with Crippen molar-refractivity contribution in [2.24, 2.45) is 0 Å². The molecule has 0 radical (unpaired) electrons. The summed E-state index contributed by atoms with van der Waals surface area (Å²) < 4.78 is 0. The van der Waals surface area contributed by atoms with Crippen molar-refractivity contribution in [1.82, 2.24) is 5.32 Å². The molecule has 1 atom stereocenters. The summed E-state index contributed by atoms with van der Waals surface area (Å²) in [5.41, 5.74) is 1.23. The number of aryl methyl sites for hydroxylation is 1. The highest BCUT2D eigenvalue weighted by atomic mass is 32.2. The van der Waals surface area contributed by atoms with Gasteiger partial charge in [-0.15, -0.1) is 11.3 Å². The van der Waals surface area contributed by atoms with E-state index in [1.165, 1.54) is 21.8 Å². The predicted octanol–water partition coefficient (Wildman–Crippen LogP) is 2.13. The van der Waals surface area contributed by atoms with E-state index in [0.717, 1.165) is 17.9 Å². The van der Waals surface area contributed by atoms with Crippen LogP contribution in [0.5, 0.6) is 0 Å². The van der Waals surface area contributed by atoms with Gasteiger partial charge in [-0.2, -0.15) is 11.8 Å². The summed E-state index contributed by atoms with van der Waals surface area (Å²) in [7, 11) is 0. The third-order valence-corrected chi connectivity index (χ3v) is 5.11. The van der Waals surface area contributed by atoms with E-state index in [9.17, 15) is 9.59 Å². The van der Waals surface area contributed by atoms with Gasteiger partial charge in [0.25, 0.3) is 5.91 Å². The minimum absolute atomic E-state index is 0.270. The summed E-state index contributed by atoms with van der Waals surface area (Å²) in [6, 6.07) is 1.10. The molecule has 1 aromatic heterocycles. The number of thiophene rings is 1. The number of rotatable bonds is 4. The van der Waals surface area contributed by atoms with Gasteiger partial charge in [0.1, 0.15) is 6.04 Å². The number of hydrogen-bond acceptors (Lipinski definition) is 4. The molecule has 1 amide bonds. The lowest BCUT2D eigenvalue weighted by Crippen LogP contribution is -2.39. The van der Waals surface area contributed by atoms with E-state index in [1.54, 1.807) is 6.92 Å². The zero-order valence-electron chi connectivity index (χ0n) is 10.1. The Labute approximate surface area is 114 Å². The lowest BCUT2D eigenvalue weighted by molar-refractivity contribution is -0.139. The number of carboxylic acid groups (broad SMARTS) is 1. The van der Waals surface area contributed by atoms with Crippen molar-refractivity contribution in [2.75, 3.05) is 5.75 Å². The number of hydrogen-bond donors (Lipinski definition) is 2. The standard InChI is InChI=1S/C12H15NO3S2/c1-2-8(12(15)16)13-11(14)10-5-7-6-17-4-3-9(7)18-10/h5,8H,2-4,6H2,1H3,(H,13,14)(H,15,16). The smallest absolute Gasteiger partial charge is 0.326 e. The molecule has 1 aromatic rings. The second-order valence-electron chi connectivity index (χ2n) is 4.13. The van der Waals surface area contributed by atoms with Gasteiger partial charge in [0.2, 0.25) is 0 Å². The number of aliphatic carboxylic acids is 1. The lowest BCUT2D eigenvalue weighted by Gasteiger charge is -2.10. The Hall–Kier alpha value is -1.01. The number of nitrogens with one attached hydrogen (secondary N) is 1. The van der Waals surface area contributed by atoms with E-state index in [-0.39, 0.29) is 5.91 Å². The van der Waals surface area contributed by atoms with Crippen molar-refractivity contribution in [3.8, 4) is 0 Å². The van der Waals surface area contributed by atoms with Crippen LogP contribution < -0.4 is 5.32 Å². The second-order valence-corrected chi connectivity index (χ2v) is 6.38. The summed E-state index contributed by atoms with van der Waals surface area (Å²) in [5.74, 6) is 0.799. The molecule has 1 aliphatic heterocycles. The van der Waals surface area contributed by atoms with Crippen molar-refractivity contribution >= 4 is 35.0 Å². The Morgan fingerprint density at radius 1 is 1.56 bits per heavy atom. The Bertz CT molecular complexity index is 446. The Morgan fingerprint density at radius 3 is 2.94 bits per heavy atom. The Kier molecular flexibility index (Phi) is 4.29. The number of amides is 1. The summed E-state index contributed by atoms with van der Waals surface area (Å²) in [4.78, 5) is 24.7. The van der Waals surface area contributed by atoms with Crippen LogP contribution in [0.15, 0.2) is 6.07 Å². The quantitative estimate of drug-likeness (QED) is 0.889. The van der Waals surface area contributed by atoms with Crippen molar-refractivity contribution in [1.29, 1.82) is 0 Å². The first-order valence-electron chi connectivity index (χ1n) is 5.84. The average molecular weight is 285 g/mol. The molecule has 0 bridgehead atoms. The molecular formula is C12H15NO3S2. The van der Waals surface area contributed by atoms with Crippen LogP contribution in [0.25, 0.3) is 0 Å². The van der Waals surface area contributed by atoms with Crippen molar-refractivity contribution in [3.05, 3.63) is 21.4 Å². The molecule has 2 rings (SSSR count). The third-order valence-electron chi connectivity index (χ3n) is 2.86. The van der Waals surface area contributed by atoms with Crippen LogP contribution in [0.3, 0.4) is 0 Å². The van der Waals surface area contributed by atoms with Gasteiger partial charge >= 0.3 is 5.97 Å². The number of carbonyl (C=O) groups is 2. The monoisotopic (exact) mass is 285 g/mol. The van der Waals surface area contributed by atoms with Crippen LogP contribution in [-0.2, 0) is 17.0 Å². The van der Waals surface area contributed by atoms with Gasteiger partial charge in [-0.3, -0.25) is 4.79 Å². The summed E-state index contributed by atoms with van der Waals surface area (Å²) in [6.45, 7) is 1.75. The van der Waals surface area contributed by atoms with Crippen LogP contribution in [0.2, 0.25) is 0 Å². The van der Waals surface area contributed by atoms with Crippen LogP contribution in [-0.4, -0.2) is 28.8 Å². The molecule has 0 aliphatic carbocycles. The van der Waals surface area contributed by atoms with Crippen molar-refractivity contribution < 1.29 is 14.7 Å². The topological polar surface area (TPSA) is 66.4 Å². The maximum absolute atomic E-state index is 12.0. The van der Waals surface area contributed by atoms with Crippen LogP contribution in [0, 0.1) is 0 Å². The SMILES string of the molecule is CCC(NC(=O)c1cc2c(s1)CCSC2)C(=O)O. The predicted molar refractivity (Wildman–Crippen MR) is 73.4 cm³/mol. The maximum Gasteiger partial charge on any atom is 0.326 e. The van der Waals surface area contributed by atoms with Crippen LogP contribution >= 0.6 is 23.1 Å². The zero-order valence-corrected chi connectivity index (χ0v) is 11.7. The zero-order chi connectivity index (χ0) is 13.1. The summed E-state index contributed by atoms with van der Waals surface area (Å²) in [5, 5.41) is 11.5. The Morgan fingerprint density at radius 2 is 2.33 bits per heavy atom. The van der Waals surface area contributed by atoms with Gasteiger partial charge in [-0.25, -0.2) is 4.79 Å². The van der Waals surface area contributed by atoms with Gasteiger partial charge in [0.05, 0.1) is 4.88 Å². The first-order valence-corrected chi connectivity index (χ1v) is 7.82. The molecule has 0 saturated heterocycles.